The van der Waals surface area contributed by atoms with Gasteiger partial charge >= 0.3 is 0 Å². The van der Waals surface area contributed by atoms with Crippen LogP contribution in [0, 0.1) is 10.1 Å². The Labute approximate surface area is 125 Å². The molecule has 20 heavy (non-hydrogen) atoms. The van der Waals surface area contributed by atoms with Crippen molar-refractivity contribution >= 4 is 40.8 Å². The molecular weight excluding hydrogens is 301 g/mol. The summed E-state index contributed by atoms with van der Waals surface area (Å²) in [6.07, 6.45) is 1.48. The zero-order chi connectivity index (χ0) is 14.5. The summed E-state index contributed by atoms with van der Waals surface area (Å²) in [5, 5.41) is 15.5. The second kappa shape index (κ2) is 6.36. The van der Waals surface area contributed by atoms with Crippen LogP contribution in [0.5, 0.6) is 0 Å². The first-order chi connectivity index (χ1) is 9.56. The van der Waals surface area contributed by atoms with Crippen molar-refractivity contribution in [2.45, 2.75) is 0 Å². The first-order valence-corrected chi connectivity index (χ1v) is 6.30. The average molecular weight is 310 g/mol. The number of nitrogens with one attached hydrogen (secondary N) is 1. The van der Waals surface area contributed by atoms with E-state index in [9.17, 15) is 10.1 Å². The Balaban J connectivity index is 2.08. The van der Waals surface area contributed by atoms with E-state index in [0.717, 1.165) is 0 Å². The van der Waals surface area contributed by atoms with Crippen molar-refractivity contribution in [2.24, 2.45) is 5.10 Å². The van der Waals surface area contributed by atoms with Crippen molar-refractivity contribution in [3.05, 3.63) is 68.2 Å². The van der Waals surface area contributed by atoms with Gasteiger partial charge in [-0.3, -0.25) is 15.5 Å². The maximum atomic E-state index is 10.6. The van der Waals surface area contributed by atoms with E-state index >= 15 is 0 Å². The molecule has 0 radical (unpaired) electrons. The number of non-ortho nitro benzene ring substituents is 1. The lowest BCUT2D eigenvalue weighted by Crippen LogP contribution is -1.92. The third-order valence-electron chi connectivity index (χ3n) is 2.41. The predicted octanol–water partition coefficient (Wildman–Crippen LogP) is 4.35. The number of rotatable bonds is 4. The van der Waals surface area contributed by atoms with Gasteiger partial charge in [-0.05, 0) is 18.2 Å². The molecule has 0 saturated heterocycles. The molecule has 5 nitrogen and oxygen atoms in total. The van der Waals surface area contributed by atoms with Gasteiger partial charge in [-0.1, -0.05) is 35.3 Å². The van der Waals surface area contributed by atoms with Crippen molar-refractivity contribution in [3.8, 4) is 0 Å². The Morgan fingerprint density at radius 2 is 1.95 bits per heavy atom. The lowest BCUT2D eigenvalue weighted by molar-refractivity contribution is -0.384. The number of nitro benzene ring substituents is 1. The molecule has 7 heteroatoms. The molecule has 0 fully saturated rings. The van der Waals surface area contributed by atoms with Crippen LogP contribution in [0.25, 0.3) is 0 Å². The molecule has 0 atom stereocenters. The highest BCUT2D eigenvalue weighted by Gasteiger charge is 2.03. The summed E-state index contributed by atoms with van der Waals surface area (Å²) < 4.78 is 0. The minimum atomic E-state index is -0.455. The number of anilines is 1. The first kappa shape index (κ1) is 14.3. The molecule has 2 aromatic rings. The second-order valence-electron chi connectivity index (χ2n) is 3.85. The van der Waals surface area contributed by atoms with Gasteiger partial charge in [0, 0.05) is 17.7 Å². The maximum absolute atomic E-state index is 10.6. The fourth-order valence-electron chi connectivity index (χ4n) is 1.47. The minimum Gasteiger partial charge on any atom is -0.278 e. The number of hydrogen-bond acceptors (Lipinski definition) is 4. The summed E-state index contributed by atoms with van der Waals surface area (Å²) >= 11 is 11.7. The monoisotopic (exact) mass is 309 g/mol. The SMILES string of the molecule is O=[N+]([O-])c1cccc(/C=N\Nc2ccc(Cl)c(Cl)c2)c1. The topological polar surface area (TPSA) is 67.5 Å². The molecule has 0 aliphatic rings. The van der Waals surface area contributed by atoms with Crippen molar-refractivity contribution in [3.63, 3.8) is 0 Å². The van der Waals surface area contributed by atoms with E-state index in [4.69, 9.17) is 23.2 Å². The standard InChI is InChI=1S/C13H9Cl2N3O2/c14-12-5-4-10(7-13(12)15)17-16-8-9-2-1-3-11(6-9)18(19)20/h1-8,17H/b16-8-. The summed E-state index contributed by atoms with van der Waals surface area (Å²) in [4.78, 5) is 10.2. The van der Waals surface area contributed by atoms with Crippen LogP contribution in [-0.4, -0.2) is 11.1 Å². The molecule has 0 bridgehead atoms. The summed E-state index contributed by atoms with van der Waals surface area (Å²) in [7, 11) is 0. The Hall–Kier alpha value is -2.11. The Kier molecular flexibility index (Phi) is 4.55. The fourth-order valence-corrected chi connectivity index (χ4v) is 1.76. The van der Waals surface area contributed by atoms with Crippen molar-refractivity contribution in [1.29, 1.82) is 0 Å². The van der Waals surface area contributed by atoms with E-state index in [2.05, 4.69) is 10.5 Å². The van der Waals surface area contributed by atoms with E-state index in [-0.39, 0.29) is 5.69 Å². The van der Waals surface area contributed by atoms with Gasteiger partial charge in [0.15, 0.2) is 0 Å². The Morgan fingerprint density at radius 1 is 1.15 bits per heavy atom. The van der Waals surface area contributed by atoms with E-state index in [1.165, 1.54) is 18.3 Å². The third-order valence-corrected chi connectivity index (χ3v) is 3.15. The molecule has 0 spiro atoms. The average Bonchev–Trinajstić information content (AvgIpc) is 2.43. The lowest BCUT2D eigenvalue weighted by atomic mass is 10.2. The smallest absolute Gasteiger partial charge is 0.270 e. The second-order valence-corrected chi connectivity index (χ2v) is 4.67. The maximum Gasteiger partial charge on any atom is 0.270 e. The summed E-state index contributed by atoms with van der Waals surface area (Å²) in [5.41, 5.74) is 4.07. The normalized spacial score (nSPS) is 10.7. The highest BCUT2D eigenvalue weighted by molar-refractivity contribution is 6.42. The number of hydrazone groups is 1. The molecule has 1 N–H and O–H groups in total. The largest absolute Gasteiger partial charge is 0.278 e. The molecule has 0 aromatic heterocycles. The molecule has 0 aliphatic carbocycles. The number of hydrogen-bond donors (Lipinski definition) is 1. The van der Waals surface area contributed by atoms with Crippen LogP contribution < -0.4 is 5.43 Å². The van der Waals surface area contributed by atoms with Crippen LogP contribution in [0.3, 0.4) is 0 Å². The summed E-state index contributed by atoms with van der Waals surface area (Å²) in [6.45, 7) is 0. The van der Waals surface area contributed by atoms with Crippen LogP contribution in [-0.2, 0) is 0 Å². The van der Waals surface area contributed by atoms with E-state index in [1.807, 2.05) is 0 Å². The minimum absolute atomic E-state index is 0.0171. The molecule has 0 heterocycles. The van der Waals surface area contributed by atoms with Gasteiger partial charge in [0.1, 0.15) is 0 Å². The highest BCUT2D eigenvalue weighted by atomic mass is 35.5. The van der Waals surface area contributed by atoms with Gasteiger partial charge in [-0.2, -0.15) is 5.10 Å². The van der Waals surface area contributed by atoms with Gasteiger partial charge < -0.3 is 0 Å². The lowest BCUT2D eigenvalue weighted by Gasteiger charge is -2.01. The van der Waals surface area contributed by atoms with Crippen molar-refractivity contribution in [2.75, 3.05) is 5.43 Å². The van der Waals surface area contributed by atoms with Gasteiger partial charge in [-0.25, -0.2) is 0 Å². The van der Waals surface area contributed by atoms with Crippen LogP contribution in [0.1, 0.15) is 5.56 Å². The molecular formula is C13H9Cl2N3O2. The first-order valence-electron chi connectivity index (χ1n) is 5.55. The molecule has 2 aromatic carbocycles. The number of nitrogens with zero attached hydrogens (tertiary/aromatic N) is 2. The van der Waals surface area contributed by atoms with E-state index in [0.29, 0.717) is 21.3 Å². The quantitative estimate of drug-likeness (QED) is 0.518. The zero-order valence-electron chi connectivity index (χ0n) is 10.1. The molecule has 0 saturated carbocycles. The predicted molar refractivity (Wildman–Crippen MR) is 80.8 cm³/mol. The fraction of sp³-hybridized carbons (Fsp3) is 0. The summed E-state index contributed by atoms with van der Waals surface area (Å²) in [5.74, 6) is 0. The van der Waals surface area contributed by atoms with Crippen molar-refractivity contribution in [1.82, 2.24) is 0 Å². The Bertz CT molecular complexity index is 674. The molecule has 0 unspecified atom stereocenters. The van der Waals surface area contributed by atoms with Crippen molar-refractivity contribution < 1.29 is 4.92 Å². The van der Waals surface area contributed by atoms with E-state index in [1.54, 1.807) is 30.3 Å². The van der Waals surface area contributed by atoms with Gasteiger partial charge in [0.05, 0.1) is 26.9 Å². The molecule has 2 rings (SSSR count). The molecule has 0 aliphatic heterocycles. The molecule has 0 amide bonds. The number of benzene rings is 2. The number of nitro groups is 1. The van der Waals surface area contributed by atoms with Crippen LogP contribution in [0.4, 0.5) is 11.4 Å². The third kappa shape index (κ3) is 3.69. The summed E-state index contributed by atoms with van der Waals surface area (Å²) in [6, 6.07) is 11.2. The Morgan fingerprint density at radius 3 is 2.65 bits per heavy atom. The number of halogens is 2. The van der Waals surface area contributed by atoms with E-state index < -0.39 is 4.92 Å². The van der Waals surface area contributed by atoms with Crippen LogP contribution >= 0.6 is 23.2 Å². The zero-order valence-corrected chi connectivity index (χ0v) is 11.6. The molecule has 102 valence electrons. The van der Waals surface area contributed by atoms with Gasteiger partial charge in [0.25, 0.3) is 5.69 Å². The van der Waals surface area contributed by atoms with Crippen LogP contribution in [0.15, 0.2) is 47.6 Å². The van der Waals surface area contributed by atoms with Gasteiger partial charge in [0.2, 0.25) is 0 Å². The van der Waals surface area contributed by atoms with Crippen LogP contribution in [0.2, 0.25) is 10.0 Å². The van der Waals surface area contributed by atoms with Gasteiger partial charge in [-0.15, -0.1) is 0 Å². The highest BCUT2D eigenvalue weighted by Crippen LogP contribution is 2.24.